The lowest BCUT2D eigenvalue weighted by Crippen LogP contribution is -2.09. The van der Waals surface area contributed by atoms with E-state index in [1.807, 2.05) is 54.6 Å². The number of para-hydroxylation sites is 4. The van der Waals surface area contributed by atoms with Crippen molar-refractivity contribution in [3.05, 3.63) is 128 Å². The molecule has 6 rings (SSSR count). The summed E-state index contributed by atoms with van der Waals surface area (Å²) in [6, 6.07) is 22.0. The smallest absolute Gasteiger partial charge is 0.247 e. The molecule has 0 fully saturated rings. The number of aromatic nitrogens is 4. The average Bonchev–Trinajstić information content (AvgIpc) is 3.88. The molecule has 0 saturated heterocycles. The molecule has 7 N–H and O–H groups in total. The van der Waals surface area contributed by atoms with Gasteiger partial charge < -0.3 is 40.6 Å². The number of nitrogens with one attached hydrogen (secondary N) is 5. The van der Waals surface area contributed by atoms with Crippen LogP contribution in [0, 0.1) is 0 Å². The van der Waals surface area contributed by atoms with Crippen molar-refractivity contribution in [2.45, 2.75) is 25.7 Å². The Morgan fingerprint density at radius 1 is 0.638 bits per heavy atom. The van der Waals surface area contributed by atoms with Crippen LogP contribution in [0.15, 0.2) is 85.5 Å². The number of hydrogen-bond acceptors (Lipinski definition) is 10. The number of rotatable bonds is 16. The first-order chi connectivity index (χ1) is 28.0. The molecule has 17 heteroatoms. The van der Waals surface area contributed by atoms with Gasteiger partial charge in [-0.25, -0.2) is 0 Å². The Bertz CT molecular complexity index is 2310. The Hall–Kier alpha value is -5.73. The first kappa shape index (κ1) is 43.4. The summed E-state index contributed by atoms with van der Waals surface area (Å²) in [6.45, 7) is 3.47. The van der Waals surface area contributed by atoms with E-state index in [2.05, 4.69) is 42.9 Å². The van der Waals surface area contributed by atoms with Crippen LogP contribution < -0.4 is 40.6 Å². The Morgan fingerprint density at radius 2 is 1.03 bits per heavy atom. The van der Waals surface area contributed by atoms with Gasteiger partial charge in [0.15, 0.2) is 11.6 Å². The molecule has 1 amide bonds. The molecular weight excluding hydrogens is 826 g/mol. The second-order valence-electron chi connectivity index (χ2n) is 12.4. The fourth-order valence-corrected chi connectivity index (χ4v) is 7.09. The molecule has 4 aromatic carbocycles. The van der Waals surface area contributed by atoms with Crippen molar-refractivity contribution in [1.82, 2.24) is 20.4 Å². The predicted molar refractivity (Wildman–Crippen MR) is 234 cm³/mol. The minimum atomic E-state index is -0.292. The summed E-state index contributed by atoms with van der Waals surface area (Å²) in [5.74, 6) is 3.06. The summed E-state index contributed by atoms with van der Waals surface area (Å²) in [5, 5.41) is 25.6. The second kappa shape index (κ2) is 20.6. The third-order valence-corrected chi connectivity index (χ3v) is 10.4. The van der Waals surface area contributed by atoms with E-state index in [4.69, 9.17) is 71.1 Å². The van der Waals surface area contributed by atoms with Crippen molar-refractivity contribution >= 4 is 86.7 Å². The Kier molecular flexibility index (Phi) is 15.4. The van der Waals surface area contributed by atoms with Crippen LogP contribution in [0.1, 0.15) is 22.5 Å². The molecular formula is C41H42Cl4N8O5. The van der Waals surface area contributed by atoms with Gasteiger partial charge in [-0.2, -0.15) is 10.2 Å². The molecule has 58 heavy (non-hydrogen) atoms. The van der Waals surface area contributed by atoms with E-state index in [1.54, 1.807) is 46.6 Å². The van der Waals surface area contributed by atoms with E-state index in [0.29, 0.717) is 97.5 Å². The molecule has 304 valence electrons. The molecule has 0 radical (unpaired) electrons. The van der Waals surface area contributed by atoms with E-state index in [0.717, 1.165) is 28.2 Å². The Morgan fingerprint density at radius 3 is 1.45 bits per heavy atom. The topological polar surface area (TPSA) is 173 Å². The summed E-state index contributed by atoms with van der Waals surface area (Å²) in [6.07, 6.45) is 3.64. The van der Waals surface area contributed by atoms with E-state index < -0.39 is 0 Å². The number of nitrogens with two attached hydrogens (primary N) is 1. The van der Waals surface area contributed by atoms with Gasteiger partial charge in [0.05, 0.1) is 71.3 Å². The van der Waals surface area contributed by atoms with Gasteiger partial charge in [-0.05, 0) is 67.2 Å². The monoisotopic (exact) mass is 866 g/mol. The van der Waals surface area contributed by atoms with Crippen LogP contribution in [0.2, 0.25) is 20.1 Å². The van der Waals surface area contributed by atoms with Crippen LogP contribution >= 0.6 is 46.4 Å². The standard InChI is InChI=1S/C22H22Cl2N4O3.C19H20Cl2N4O2/c1-4-20(29)26-16-8-6-5-7-15(16)25-19-11-13(27-28-19)9-10-14-21(23)17(30-2)12-18(31-3)22(14)24;1-26-15-10-16(27-2)19(21)12(18(15)20)8-7-11-9-17(25-24-11)23-14-6-4-3-5-13(14)22/h4-8,11-12H,1,9-10H2,2-3H3,(H,26,29)(H2,25,27,28);3-6,9-10H,7-8,22H2,1-2H3,(H2,23,24,25). The lowest BCUT2D eigenvalue weighted by Gasteiger charge is -2.14. The lowest BCUT2D eigenvalue weighted by molar-refractivity contribution is -0.111. The zero-order valence-corrected chi connectivity index (χ0v) is 35.1. The summed E-state index contributed by atoms with van der Waals surface area (Å²) < 4.78 is 21.2. The van der Waals surface area contributed by atoms with Gasteiger partial charge in [0.2, 0.25) is 5.91 Å². The fourth-order valence-electron chi connectivity index (χ4n) is 5.71. The normalized spacial score (nSPS) is 10.6. The molecule has 0 aliphatic carbocycles. The molecule has 0 atom stereocenters. The maximum absolute atomic E-state index is 11.6. The zero-order valence-electron chi connectivity index (χ0n) is 32.1. The maximum atomic E-state index is 11.6. The van der Waals surface area contributed by atoms with Crippen molar-refractivity contribution in [2.24, 2.45) is 0 Å². The number of nitrogen functional groups attached to an aromatic ring is 1. The number of benzene rings is 4. The highest BCUT2D eigenvalue weighted by Gasteiger charge is 2.19. The van der Waals surface area contributed by atoms with Crippen LogP contribution in [-0.2, 0) is 30.5 Å². The molecule has 0 saturated carbocycles. The van der Waals surface area contributed by atoms with Gasteiger partial charge >= 0.3 is 0 Å². The highest BCUT2D eigenvalue weighted by atomic mass is 35.5. The third-order valence-electron chi connectivity index (χ3n) is 8.74. The van der Waals surface area contributed by atoms with E-state index >= 15 is 0 Å². The molecule has 0 unspecified atom stereocenters. The maximum Gasteiger partial charge on any atom is 0.247 e. The summed E-state index contributed by atoms with van der Waals surface area (Å²) in [5.41, 5.74) is 12.1. The quantitative estimate of drug-likeness (QED) is 0.0406. The number of aromatic amines is 2. The summed E-state index contributed by atoms with van der Waals surface area (Å²) in [7, 11) is 6.20. The summed E-state index contributed by atoms with van der Waals surface area (Å²) >= 11 is 25.7. The van der Waals surface area contributed by atoms with Crippen LogP contribution in [-0.4, -0.2) is 54.7 Å². The number of anilines is 6. The summed E-state index contributed by atoms with van der Waals surface area (Å²) in [4.78, 5) is 11.6. The average molecular weight is 869 g/mol. The van der Waals surface area contributed by atoms with E-state index in [-0.39, 0.29) is 5.91 Å². The number of ether oxygens (including phenoxy) is 4. The molecule has 2 heterocycles. The number of carbonyl (C=O) groups excluding carboxylic acids is 1. The Labute approximate surface area is 356 Å². The van der Waals surface area contributed by atoms with Crippen molar-refractivity contribution in [3.8, 4) is 23.0 Å². The van der Waals surface area contributed by atoms with Gasteiger partial charge in [0, 0.05) is 35.7 Å². The van der Waals surface area contributed by atoms with Gasteiger partial charge in [0.25, 0.3) is 0 Å². The number of methoxy groups -OCH3 is 4. The van der Waals surface area contributed by atoms with Crippen LogP contribution in [0.5, 0.6) is 23.0 Å². The zero-order chi connectivity index (χ0) is 41.8. The SMILES string of the molecule is C=CC(=O)Nc1ccccc1Nc1cc(CCc2c(Cl)c(OC)cc(OC)c2Cl)[nH]n1.COc1cc(OC)c(Cl)c(CCc2cc(Nc3ccccc3N)n[nH]2)c1Cl. The number of aryl methyl sites for hydroxylation is 2. The van der Waals surface area contributed by atoms with Crippen molar-refractivity contribution in [2.75, 3.05) is 50.1 Å². The number of carbonyl (C=O) groups is 1. The molecule has 0 spiro atoms. The highest BCUT2D eigenvalue weighted by molar-refractivity contribution is 6.38. The first-order valence-electron chi connectivity index (χ1n) is 17.7. The molecule has 2 aromatic heterocycles. The predicted octanol–water partition coefficient (Wildman–Crippen LogP) is 10.2. The number of hydrogen-bond donors (Lipinski definition) is 6. The molecule has 13 nitrogen and oxygen atoms in total. The minimum Gasteiger partial charge on any atom is -0.495 e. The van der Waals surface area contributed by atoms with Crippen molar-refractivity contribution < 1.29 is 23.7 Å². The first-order valence-corrected chi connectivity index (χ1v) is 19.2. The van der Waals surface area contributed by atoms with Crippen molar-refractivity contribution in [3.63, 3.8) is 0 Å². The highest BCUT2D eigenvalue weighted by Crippen LogP contribution is 2.42. The third kappa shape index (κ3) is 10.8. The Balaban J connectivity index is 0.000000223. The molecule has 6 aromatic rings. The minimum absolute atomic E-state index is 0.292. The molecule has 0 aliphatic heterocycles. The van der Waals surface area contributed by atoms with Crippen molar-refractivity contribution in [1.29, 1.82) is 0 Å². The number of halogens is 4. The van der Waals surface area contributed by atoms with Crippen LogP contribution in [0.25, 0.3) is 0 Å². The fraction of sp³-hybridized carbons (Fsp3) is 0.195. The number of H-pyrrole nitrogens is 2. The van der Waals surface area contributed by atoms with Gasteiger partial charge in [-0.1, -0.05) is 77.2 Å². The van der Waals surface area contributed by atoms with E-state index in [9.17, 15) is 4.79 Å². The van der Waals surface area contributed by atoms with Gasteiger partial charge in [0.1, 0.15) is 23.0 Å². The van der Waals surface area contributed by atoms with Crippen LogP contribution in [0.3, 0.4) is 0 Å². The van der Waals surface area contributed by atoms with E-state index in [1.165, 1.54) is 6.08 Å². The molecule has 0 aliphatic rings. The lowest BCUT2D eigenvalue weighted by atomic mass is 10.1. The van der Waals surface area contributed by atoms with Crippen LogP contribution in [0.4, 0.5) is 34.4 Å². The number of amides is 1. The van der Waals surface area contributed by atoms with Gasteiger partial charge in [-0.15, -0.1) is 0 Å². The second-order valence-corrected chi connectivity index (χ2v) is 13.9. The molecule has 0 bridgehead atoms. The van der Waals surface area contributed by atoms with Gasteiger partial charge in [-0.3, -0.25) is 15.0 Å². The number of nitrogens with zero attached hydrogens (tertiary/aromatic N) is 2. The largest absolute Gasteiger partial charge is 0.495 e.